The minimum atomic E-state index is 0. The molecule has 2 rings (SSSR count). The Morgan fingerprint density at radius 2 is 2.00 bits per heavy atom. The summed E-state index contributed by atoms with van der Waals surface area (Å²) in [6.07, 6.45) is 0.909. The van der Waals surface area contributed by atoms with Crippen molar-refractivity contribution in [3.63, 3.8) is 0 Å². The number of methoxy groups -OCH3 is 1. The molecule has 0 spiro atoms. The van der Waals surface area contributed by atoms with Gasteiger partial charge in [-0.05, 0) is 23.9 Å². The lowest BCUT2D eigenvalue weighted by molar-refractivity contribution is 0.299. The Morgan fingerprint density at radius 1 is 1.29 bits per heavy atom. The van der Waals surface area contributed by atoms with Gasteiger partial charge in [0.1, 0.15) is 5.84 Å². The molecule has 0 aromatic heterocycles. The Bertz CT molecular complexity index is 634. The van der Waals surface area contributed by atoms with E-state index in [4.69, 9.17) is 20.6 Å². The third kappa shape index (κ3) is 4.02. The van der Waals surface area contributed by atoms with Crippen molar-refractivity contribution in [2.24, 2.45) is 5.73 Å². The maximum atomic E-state index is 7.55. The molecule has 0 aliphatic rings. The second-order valence-electron chi connectivity index (χ2n) is 4.34. The summed E-state index contributed by atoms with van der Waals surface area (Å²) in [6.45, 7) is 0.602. The summed E-state index contributed by atoms with van der Waals surface area (Å²) in [4.78, 5) is 0. The van der Waals surface area contributed by atoms with E-state index in [2.05, 4.69) is 15.9 Å². The van der Waals surface area contributed by atoms with E-state index in [9.17, 15) is 0 Å². The van der Waals surface area contributed by atoms with E-state index < -0.39 is 0 Å². The quantitative estimate of drug-likeness (QED) is 0.351. The first-order chi connectivity index (χ1) is 9.67. The summed E-state index contributed by atoms with van der Waals surface area (Å²) in [5, 5.41) is 10.4. The van der Waals surface area contributed by atoms with Gasteiger partial charge in [0, 0.05) is 16.3 Å². The summed E-state index contributed by atoms with van der Waals surface area (Å²) in [5.74, 6) is 1.43. The Kier molecular flexibility index (Phi) is 6.78. The molecule has 6 heteroatoms. The Hall–Kier alpha value is -1.46. The van der Waals surface area contributed by atoms with Crippen LogP contribution in [0.3, 0.4) is 0 Å². The van der Waals surface area contributed by atoms with Crippen LogP contribution < -0.4 is 15.2 Å². The topological polar surface area (TPSA) is 68.3 Å². The fraction of sp³-hybridized carbons (Fsp3) is 0.267. The number of hydrogen-bond acceptors (Lipinski definition) is 3. The number of nitrogens with two attached hydrogens (primary N) is 1. The van der Waals surface area contributed by atoms with Crippen molar-refractivity contribution in [2.75, 3.05) is 19.0 Å². The van der Waals surface area contributed by atoms with Crippen molar-refractivity contribution in [1.29, 1.82) is 5.41 Å². The second-order valence-corrected chi connectivity index (χ2v) is 5.13. The number of alkyl halides is 1. The summed E-state index contributed by atoms with van der Waals surface area (Å²) in [6, 6.07) is 9.49. The first-order valence-electron chi connectivity index (χ1n) is 6.31. The molecular formula is C15H18BrClN2O2. The SMILES string of the molecule is COc1ccc2ccc(C(=N)N)cc2c1OCCCBr.Cl. The van der Waals surface area contributed by atoms with E-state index >= 15 is 0 Å². The lowest BCUT2D eigenvalue weighted by atomic mass is 10.0. The van der Waals surface area contributed by atoms with Gasteiger partial charge in [0.15, 0.2) is 11.5 Å². The number of rotatable bonds is 6. The fourth-order valence-corrected chi connectivity index (χ4v) is 2.21. The smallest absolute Gasteiger partial charge is 0.168 e. The molecule has 0 atom stereocenters. The van der Waals surface area contributed by atoms with E-state index in [-0.39, 0.29) is 18.2 Å². The van der Waals surface area contributed by atoms with Crippen LogP contribution in [0.25, 0.3) is 10.8 Å². The highest BCUT2D eigenvalue weighted by Crippen LogP contribution is 2.36. The van der Waals surface area contributed by atoms with Crippen LogP contribution in [0.2, 0.25) is 0 Å². The molecule has 0 heterocycles. The predicted octanol–water partition coefficient (Wildman–Crippen LogP) is 3.72. The first-order valence-corrected chi connectivity index (χ1v) is 7.43. The van der Waals surface area contributed by atoms with Crippen LogP contribution in [0, 0.1) is 5.41 Å². The molecule has 0 unspecified atom stereocenters. The van der Waals surface area contributed by atoms with Crippen LogP contribution in [-0.2, 0) is 0 Å². The lowest BCUT2D eigenvalue weighted by Crippen LogP contribution is -2.10. The highest BCUT2D eigenvalue weighted by Gasteiger charge is 2.11. The summed E-state index contributed by atoms with van der Waals surface area (Å²) in [5.41, 5.74) is 6.23. The first kappa shape index (κ1) is 17.6. The fourth-order valence-electron chi connectivity index (χ4n) is 1.98. The molecule has 0 aliphatic heterocycles. The highest BCUT2D eigenvalue weighted by molar-refractivity contribution is 9.09. The molecule has 0 saturated heterocycles. The van der Waals surface area contributed by atoms with Crippen molar-refractivity contribution in [3.8, 4) is 11.5 Å². The van der Waals surface area contributed by atoms with E-state index in [1.54, 1.807) is 7.11 Å². The van der Waals surface area contributed by atoms with E-state index in [0.29, 0.717) is 23.7 Å². The number of amidine groups is 1. The lowest BCUT2D eigenvalue weighted by Gasteiger charge is -2.14. The molecule has 0 radical (unpaired) electrons. The van der Waals surface area contributed by atoms with Crippen molar-refractivity contribution in [3.05, 3.63) is 35.9 Å². The van der Waals surface area contributed by atoms with Gasteiger partial charge in [0.25, 0.3) is 0 Å². The number of fused-ring (bicyclic) bond motifs is 1. The molecule has 0 amide bonds. The standard InChI is InChI=1S/C15H17BrN2O2.ClH/c1-19-13-6-5-10-3-4-11(15(17)18)9-12(10)14(13)20-8-2-7-16;/h3-6,9H,2,7-8H2,1H3,(H3,17,18);1H. The van der Waals surface area contributed by atoms with Crippen LogP contribution in [0.4, 0.5) is 0 Å². The maximum Gasteiger partial charge on any atom is 0.168 e. The molecule has 2 aromatic rings. The number of ether oxygens (including phenoxy) is 2. The largest absolute Gasteiger partial charge is 0.493 e. The van der Waals surface area contributed by atoms with Gasteiger partial charge < -0.3 is 15.2 Å². The molecule has 0 fully saturated rings. The summed E-state index contributed by atoms with van der Waals surface area (Å²) >= 11 is 3.38. The van der Waals surface area contributed by atoms with Crippen molar-refractivity contribution in [1.82, 2.24) is 0 Å². The second kappa shape index (κ2) is 8.10. The van der Waals surface area contributed by atoms with Gasteiger partial charge >= 0.3 is 0 Å². The van der Waals surface area contributed by atoms with Gasteiger partial charge in [0.05, 0.1) is 13.7 Å². The molecule has 0 aliphatic carbocycles. The molecule has 4 nitrogen and oxygen atoms in total. The molecule has 114 valence electrons. The van der Waals surface area contributed by atoms with Crippen LogP contribution in [0.5, 0.6) is 11.5 Å². The van der Waals surface area contributed by atoms with Gasteiger partial charge in [0.2, 0.25) is 0 Å². The van der Waals surface area contributed by atoms with Crippen molar-refractivity contribution in [2.45, 2.75) is 6.42 Å². The monoisotopic (exact) mass is 372 g/mol. The summed E-state index contributed by atoms with van der Waals surface area (Å²) < 4.78 is 11.2. The third-order valence-electron chi connectivity index (χ3n) is 2.99. The highest BCUT2D eigenvalue weighted by atomic mass is 79.9. The molecule has 0 saturated carbocycles. The number of benzene rings is 2. The van der Waals surface area contributed by atoms with E-state index in [1.807, 2.05) is 30.3 Å². The van der Waals surface area contributed by atoms with Gasteiger partial charge in [-0.1, -0.05) is 34.1 Å². The molecule has 0 bridgehead atoms. The normalized spacial score (nSPS) is 10.0. The number of nitrogens with one attached hydrogen (secondary N) is 1. The van der Waals surface area contributed by atoms with Crippen molar-refractivity contribution < 1.29 is 9.47 Å². The number of hydrogen-bond donors (Lipinski definition) is 2. The zero-order chi connectivity index (χ0) is 14.5. The van der Waals surface area contributed by atoms with Gasteiger partial charge in [-0.3, -0.25) is 5.41 Å². The molecule has 2 aromatic carbocycles. The number of nitrogen functional groups attached to an aromatic ring is 1. The molecular weight excluding hydrogens is 356 g/mol. The third-order valence-corrected chi connectivity index (χ3v) is 3.55. The van der Waals surface area contributed by atoms with Crippen LogP contribution in [0.1, 0.15) is 12.0 Å². The number of halogens is 2. The van der Waals surface area contributed by atoms with Gasteiger partial charge in [-0.25, -0.2) is 0 Å². The Balaban J connectivity index is 0.00000220. The molecule has 21 heavy (non-hydrogen) atoms. The average molecular weight is 374 g/mol. The van der Waals surface area contributed by atoms with Gasteiger partial charge in [-0.2, -0.15) is 0 Å². The zero-order valence-electron chi connectivity index (χ0n) is 11.7. The minimum absolute atomic E-state index is 0. The van der Waals surface area contributed by atoms with Gasteiger partial charge in [-0.15, -0.1) is 12.4 Å². The van der Waals surface area contributed by atoms with Crippen LogP contribution >= 0.6 is 28.3 Å². The predicted molar refractivity (Wildman–Crippen MR) is 92.7 cm³/mol. The minimum Gasteiger partial charge on any atom is -0.493 e. The zero-order valence-corrected chi connectivity index (χ0v) is 14.1. The average Bonchev–Trinajstić information content (AvgIpc) is 2.46. The van der Waals surface area contributed by atoms with Crippen LogP contribution in [-0.4, -0.2) is 24.9 Å². The summed E-state index contributed by atoms with van der Waals surface area (Å²) in [7, 11) is 1.62. The Labute approximate surface area is 138 Å². The van der Waals surface area contributed by atoms with Crippen molar-refractivity contribution >= 4 is 44.9 Å². The Morgan fingerprint density at radius 3 is 2.62 bits per heavy atom. The van der Waals surface area contributed by atoms with E-state index in [1.165, 1.54) is 0 Å². The molecule has 3 N–H and O–H groups in total. The van der Waals surface area contributed by atoms with E-state index in [0.717, 1.165) is 22.5 Å². The van der Waals surface area contributed by atoms with Crippen LogP contribution in [0.15, 0.2) is 30.3 Å². The maximum absolute atomic E-state index is 7.55.